The van der Waals surface area contributed by atoms with Crippen LogP contribution in [0, 0.1) is 17.5 Å². The summed E-state index contributed by atoms with van der Waals surface area (Å²) < 4.78 is 15.5. The summed E-state index contributed by atoms with van der Waals surface area (Å²) in [5.41, 5.74) is -0.233. The van der Waals surface area contributed by atoms with Crippen molar-refractivity contribution in [3.05, 3.63) is 32.7 Å². The lowest BCUT2D eigenvalue weighted by Crippen LogP contribution is -2.13. The lowest BCUT2D eigenvalue weighted by Gasteiger charge is -2.04. The van der Waals surface area contributed by atoms with Gasteiger partial charge in [0.05, 0.1) is 10.9 Å². The molecule has 78 valence electrons. The van der Waals surface area contributed by atoms with E-state index < -0.39 is 11.4 Å². The maximum absolute atomic E-state index is 13.7. The number of halogens is 1. The van der Waals surface area contributed by atoms with E-state index in [1.807, 2.05) is 0 Å². The first-order valence-corrected chi connectivity index (χ1v) is 4.67. The number of aromatic nitrogens is 3. The molecule has 0 fully saturated rings. The lowest BCUT2D eigenvalue weighted by molar-refractivity contribution is 0.624. The quantitative estimate of drug-likeness (QED) is 0.690. The van der Waals surface area contributed by atoms with Crippen LogP contribution in [0.15, 0.2) is 11.0 Å². The van der Waals surface area contributed by atoms with Crippen LogP contribution in [0.3, 0.4) is 0 Å². The van der Waals surface area contributed by atoms with Crippen molar-refractivity contribution in [3.63, 3.8) is 0 Å². The monoisotopic (exact) mass is 225 g/mol. The Bertz CT molecular complexity index is 653. The summed E-state index contributed by atoms with van der Waals surface area (Å²) in [6, 6.07) is 0. The second kappa shape index (κ2) is 3.23. The first-order chi connectivity index (χ1) is 7.00. The maximum Gasteiger partial charge on any atom is 0.255 e. The van der Waals surface area contributed by atoms with E-state index in [1.165, 1.54) is 17.7 Å². The van der Waals surface area contributed by atoms with E-state index in [2.05, 4.69) is 9.97 Å². The molecule has 4 nitrogen and oxygen atoms in total. The molecule has 2 aromatic rings. The summed E-state index contributed by atoms with van der Waals surface area (Å²) >= 11 is 4.91. The topological polar surface area (TPSA) is 50.7 Å². The van der Waals surface area contributed by atoms with Gasteiger partial charge in [-0.2, -0.15) is 0 Å². The number of rotatable bonds is 0. The number of nitrogens with one attached hydrogen (secondary N) is 1. The predicted octanol–water partition coefficient (Wildman–Crippen LogP) is 1.44. The highest BCUT2D eigenvalue weighted by Gasteiger charge is 2.09. The number of fused-ring (bicyclic) bond motifs is 1. The Balaban J connectivity index is 3.06. The Morgan fingerprint density at radius 3 is 2.93 bits per heavy atom. The highest BCUT2D eigenvalue weighted by molar-refractivity contribution is 7.71. The summed E-state index contributed by atoms with van der Waals surface area (Å²) in [5, 5.41) is 0.267. The van der Waals surface area contributed by atoms with Gasteiger partial charge in [0.25, 0.3) is 5.56 Å². The SMILES string of the molecule is Cc1c(F)c2cn(C)c(=S)nc2[nH]c1=O. The molecule has 0 aromatic carbocycles. The van der Waals surface area contributed by atoms with Crippen LogP contribution in [0.25, 0.3) is 11.0 Å². The van der Waals surface area contributed by atoms with Crippen molar-refractivity contribution in [1.29, 1.82) is 0 Å². The van der Waals surface area contributed by atoms with Gasteiger partial charge in [0.1, 0.15) is 11.5 Å². The van der Waals surface area contributed by atoms with E-state index in [0.717, 1.165) is 0 Å². The first kappa shape index (κ1) is 9.97. The Kier molecular flexibility index (Phi) is 2.15. The highest BCUT2D eigenvalue weighted by atomic mass is 32.1. The molecule has 0 spiro atoms. The summed E-state index contributed by atoms with van der Waals surface area (Å²) in [4.78, 5) is 17.7. The van der Waals surface area contributed by atoms with Gasteiger partial charge in [-0.05, 0) is 19.1 Å². The van der Waals surface area contributed by atoms with Crippen LogP contribution in [0.4, 0.5) is 4.39 Å². The van der Waals surface area contributed by atoms with Gasteiger partial charge in [0, 0.05) is 13.2 Å². The van der Waals surface area contributed by atoms with Crippen LogP contribution in [0.1, 0.15) is 5.56 Å². The summed E-state index contributed by atoms with van der Waals surface area (Å²) in [6.45, 7) is 1.43. The van der Waals surface area contributed by atoms with Gasteiger partial charge >= 0.3 is 0 Å². The van der Waals surface area contributed by atoms with Gasteiger partial charge in [-0.1, -0.05) is 0 Å². The van der Waals surface area contributed by atoms with Gasteiger partial charge in [-0.3, -0.25) is 4.79 Å². The van der Waals surface area contributed by atoms with Crippen molar-refractivity contribution in [1.82, 2.24) is 14.5 Å². The number of H-pyrrole nitrogens is 1. The molecule has 0 bridgehead atoms. The fraction of sp³-hybridized carbons (Fsp3) is 0.222. The molecule has 0 aliphatic heterocycles. The standard InChI is InChI=1S/C9H8FN3OS/c1-4-6(10)5-3-13(2)9(15)12-7(5)11-8(4)14/h3H,1-2H3,(H,11,12,14,15). The highest BCUT2D eigenvalue weighted by Crippen LogP contribution is 2.13. The van der Waals surface area contributed by atoms with Crippen LogP contribution in [-0.2, 0) is 7.05 Å². The minimum absolute atomic E-state index is 0.0569. The zero-order valence-corrected chi connectivity index (χ0v) is 8.98. The normalized spacial score (nSPS) is 10.9. The van der Waals surface area contributed by atoms with E-state index in [0.29, 0.717) is 4.77 Å². The zero-order valence-electron chi connectivity index (χ0n) is 8.17. The molecule has 0 atom stereocenters. The number of hydrogen-bond acceptors (Lipinski definition) is 3. The number of hydrogen-bond donors (Lipinski definition) is 1. The lowest BCUT2D eigenvalue weighted by atomic mass is 10.2. The van der Waals surface area contributed by atoms with E-state index >= 15 is 0 Å². The molecule has 2 heterocycles. The van der Waals surface area contributed by atoms with E-state index in [4.69, 9.17) is 12.2 Å². The zero-order chi connectivity index (χ0) is 11.2. The largest absolute Gasteiger partial charge is 0.326 e. The minimum atomic E-state index is -0.549. The fourth-order valence-corrected chi connectivity index (χ4v) is 1.45. The molecule has 2 aromatic heterocycles. The van der Waals surface area contributed by atoms with Crippen molar-refractivity contribution in [2.75, 3.05) is 0 Å². The van der Waals surface area contributed by atoms with Crippen LogP contribution >= 0.6 is 12.2 Å². The number of pyridine rings is 1. The Morgan fingerprint density at radius 1 is 1.60 bits per heavy atom. The predicted molar refractivity (Wildman–Crippen MR) is 56.9 cm³/mol. The van der Waals surface area contributed by atoms with E-state index in [9.17, 15) is 9.18 Å². The molecule has 0 unspecified atom stereocenters. The van der Waals surface area contributed by atoms with Crippen LogP contribution in [0.5, 0.6) is 0 Å². The average Bonchev–Trinajstić information content (AvgIpc) is 2.19. The molecular weight excluding hydrogens is 217 g/mol. The molecule has 15 heavy (non-hydrogen) atoms. The van der Waals surface area contributed by atoms with Gasteiger partial charge in [-0.25, -0.2) is 9.37 Å². The molecule has 0 radical (unpaired) electrons. The molecule has 0 saturated carbocycles. The molecular formula is C9H8FN3OS. The Hall–Kier alpha value is -1.56. The molecule has 6 heteroatoms. The van der Waals surface area contributed by atoms with Gasteiger partial charge in [-0.15, -0.1) is 0 Å². The minimum Gasteiger partial charge on any atom is -0.326 e. The Labute approximate surface area is 89.4 Å². The number of aryl methyl sites for hydroxylation is 1. The van der Waals surface area contributed by atoms with Crippen molar-refractivity contribution in [2.24, 2.45) is 7.05 Å². The molecule has 0 aliphatic rings. The molecule has 0 aliphatic carbocycles. The van der Waals surface area contributed by atoms with E-state index in [-0.39, 0.29) is 16.6 Å². The molecule has 1 N–H and O–H groups in total. The van der Waals surface area contributed by atoms with Gasteiger partial charge in [0.2, 0.25) is 4.77 Å². The number of nitrogens with zero attached hydrogens (tertiary/aromatic N) is 2. The molecule has 0 saturated heterocycles. The third-order valence-electron chi connectivity index (χ3n) is 2.23. The summed E-state index contributed by atoms with van der Waals surface area (Å²) in [7, 11) is 1.68. The summed E-state index contributed by atoms with van der Waals surface area (Å²) in [5.74, 6) is -0.549. The second-order valence-corrected chi connectivity index (χ2v) is 3.65. The van der Waals surface area contributed by atoms with Crippen LogP contribution in [0.2, 0.25) is 0 Å². The fourth-order valence-electron chi connectivity index (χ4n) is 1.30. The van der Waals surface area contributed by atoms with Crippen molar-refractivity contribution in [2.45, 2.75) is 6.92 Å². The number of aromatic amines is 1. The Morgan fingerprint density at radius 2 is 2.27 bits per heavy atom. The summed E-state index contributed by atoms with van der Waals surface area (Å²) in [6.07, 6.45) is 1.52. The molecule has 2 rings (SSSR count). The van der Waals surface area contributed by atoms with Gasteiger partial charge in [0.15, 0.2) is 0 Å². The van der Waals surface area contributed by atoms with E-state index in [1.54, 1.807) is 7.05 Å². The van der Waals surface area contributed by atoms with Crippen LogP contribution < -0.4 is 5.56 Å². The third-order valence-corrected chi connectivity index (χ3v) is 2.60. The maximum atomic E-state index is 13.7. The second-order valence-electron chi connectivity index (χ2n) is 3.29. The smallest absolute Gasteiger partial charge is 0.255 e. The average molecular weight is 225 g/mol. The molecule has 0 amide bonds. The van der Waals surface area contributed by atoms with Crippen LogP contribution in [-0.4, -0.2) is 14.5 Å². The third kappa shape index (κ3) is 1.46. The van der Waals surface area contributed by atoms with Crippen molar-refractivity contribution in [3.8, 4) is 0 Å². The van der Waals surface area contributed by atoms with Crippen molar-refractivity contribution < 1.29 is 4.39 Å². The van der Waals surface area contributed by atoms with Gasteiger partial charge < -0.3 is 9.55 Å². The first-order valence-electron chi connectivity index (χ1n) is 4.26. The van der Waals surface area contributed by atoms with Crippen molar-refractivity contribution >= 4 is 23.3 Å².